The average molecular weight is 444 g/mol. The summed E-state index contributed by atoms with van der Waals surface area (Å²) in [4.78, 5) is 51.5. The summed E-state index contributed by atoms with van der Waals surface area (Å²) in [5, 5.41) is 5.32. The second kappa shape index (κ2) is 9.92. The molecule has 174 valence electrons. The highest BCUT2D eigenvalue weighted by Gasteiger charge is 2.46. The molecular weight excluding hydrogens is 410 g/mol. The van der Waals surface area contributed by atoms with Crippen molar-refractivity contribution < 1.29 is 23.9 Å². The lowest BCUT2D eigenvalue weighted by atomic mass is 9.80. The van der Waals surface area contributed by atoms with Crippen molar-refractivity contribution in [2.45, 2.75) is 64.3 Å². The predicted octanol–water partition coefficient (Wildman–Crippen LogP) is 1.94. The summed E-state index contributed by atoms with van der Waals surface area (Å²) in [6, 6.07) is 2.66. The maximum Gasteiger partial charge on any atom is 0.262 e. The largest absolute Gasteiger partial charge is 0.381 e. The highest BCUT2D eigenvalue weighted by Crippen LogP contribution is 2.36. The molecule has 1 atom stereocenters. The Balaban J connectivity index is 1.85. The quantitative estimate of drug-likeness (QED) is 0.447. The highest BCUT2D eigenvalue weighted by atomic mass is 16.5. The Morgan fingerprint density at radius 3 is 2.47 bits per heavy atom. The van der Waals surface area contributed by atoms with Gasteiger partial charge in [0.2, 0.25) is 11.8 Å². The van der Waals surface area contributed by atoms with Crippen LogP contribution in [-0.2, 0) is 26.2 Å². The van der Waals surface area contributed by atoms with E-state index in [2.05, 4.69) is 31.4 Å². The van der Waals surface area contributed by atoms with Crippen molar-refractivity contribution in [3.8, 4) is 0 Å². The third-order valence-electron chi connectivity index (χ3n) is 5.96. The van der Waals surface area contributed by atoms with Gasteiger partial charge in [0.1, 0.15) is 6.04 Å². The Bertz CT molecular complexity index is 919. The van der Waals surface area contributed by atoms with Crippen LogP contribution in [0.25, 0.3) is 0 Å². The lowest BCUT2D eigenvalue weighted by Gasteiger charge is -2.28. The molecule has 0 saturated carbocycles. The molecule has 8 nitrogen and oxygen atoms in total. The molecule has 0 aliphatic carbocycles. The summed E-state index contributed by atoms with van der Waals surface area (Å²) in [6.45, 7) is 8.35. The molecule has 1 aromatic carbocycles. The van der Waals surface area contributed by atoms with Crippen LogP contribution < -0.4 is 10.6 Å². The number of fused-ring (bicyclic) bond motifs is 1. The van der Waals surface area contributed by atoms with E-state index < -0.39 is 23.8 Å². The molecular formula is C24H33N3O5. The molecule has 8 heteroatoms. The number of imide groups is 2. The predicted molar refractivity (Wildman–Crippen MR) is 119 cm³/mol. The summed E-state index contributed by atoms with van der Waals surface area (Å²) >= 11 is 0. The van der Waals surface area contributed by atoms with E-state index in [-0.39, 0.29) is 24.2 Å². The van der Waals surface area contributed by atoms with E-state index in [4.69, 9.17) is 4.74 Å². The van der Waals surface area contributed by atoms with E-state index in [9.17, 15) is 19.2 Å². The van der Waals surface area contributed by atoms with Gasteiger partial charge in [-0.3, -0.25) is 29.4 Å². The van der Waals surface area contributed by atoms with Gasteiger partial charge >= 0.3 is 0 Å². The molecule has 1 saturated heterocycles. The van der Waals surface area contributed by atoms with Gasteiger partial charge in [-0.2, -0.15) is 0 Å². The number of hydrogen-bond donors (Lipinski definition) is 2. The Kier molecular flexibility index (Phi) is 7.46. The van der Waals surface area contributed by atoms with E-state index in [1.165, 1.54) is 0 Å². The molecule has 0 spiro atoms. The summed E-state index contributed by atoms with van der Waals surface area (Å²) in [6.07, 6.45) is 2.51. The number of carbonyl (C=O) groups is 4. The van der Waals surface area contributed by atoms with E-state index in [0.717, 1.165) is 35.4 Å². The number of amides is 4. The van der Waals surface area contributed by atoms with Crippen molar-refractivity contribution in [3.63, 3.8) is 0 Å². The van der Waals surface area contributed by atoms with Crippen LogP contribution in [-0.4, -0.2) is 61.4 Å². The topological polar surface area (TPSA) is 105 Å². The number of nitrogens with one attached hydrogen (secondary N) is 2. The second-order valence-corrected chi connectivity index (χ2v) is 9.38. The smallest absolute Gasteiger partial charge is 0.262 e. The fourth-order valence-electron chi connectivity index (χ4n) is 4.39. The van der Waals surface area contributed by atoms with Crippen molar-refractivity contribution in [2.75, 3.05) is 26.8 Å². The molecule has 1 fully saturated rings. The van der Waals surface area contributed by atoms with Gasteiger partial charge in [0.15, 0.2) is 0 Å². The molecule has 0 bridgehead atoms. The Labute approximate surface area is 189 Å². The summed E-state index contributed by atoms with van der Waals surface area (Å²) in [7, 11) is 1.90. The number of benzene rings is 1. The maximum absolute atomic E-state index is 13.4. The number of ether oxygens (including phenoxy) is 1. The molecule has 2 heterocycles. The third kappa shape index (κ3) is 4.91. The van der Waals surface area contributed by atoms with Gasteiger partial charge in [0, 0.05) is 19.6 Å². The first-order valence-corrected chi connectivity index (χ1v) is 11.3. The monoisotopic (exact) mass is 443 g/mol. The van der Waals surface area contributed by atoms with Crippen LogP contribution >= 0.6 is 0 Å². The first kappa shape index (κ1) is 24.1. The SMILES string of the molecule is CNCCCOCCCc1c(C(C)(C)C)ccc2c1C(=O)N(C1CCC(=O)NC1=O)C2=O. The fraction of sp³-hybridized carbons (Fsp3) is 0.583. The van der Waals surface area contributed by atoms with Gasteiger partial charge in [0.25, 0.3) is 11.8 Å². The van der Waals surface area contributed by atoms with Gasteiger partial charge in [0.05, 0.1) is 11.1 Å². The van der Waals surface area contributed by atoms with Crippen LogP contribution in [0.1, 0.15) is 78.3 Å². The second-order valence-electron chi connectivity index (χ2n) is 9.38. The lowest BCUT2D eigenvalue weighted by Crippen LogP contribution is -2.54. The van der Waals surface area contributed by atoms with E-state index >= 15 is 0 Å². The highest BCUT2D eigenvalue weighted by molar-refractivity contribution is 6.24. The fourth-order valence-corrected chi connectivity index (χ4v) is 4.39. The molecule has 4 amide bonds. The molecule has 1 unspecified atom stereocenters. The number of nitrogens with zero attached hydrogens (tertiary/aromatic N) is 1. The first-order chi connectivity index (χ1) is 15.2. The van der Waals surface area contributed by atoms with Crippen LogP contribution in [0.4, 0.5) is 0 Å². The third-order valence-corrected chi connectivity index (χ3v) is 5.96. The number of hydrogen-bond acceptors (Lipinski definition) is 6. The molecule has 2 N–H and O–H groups in total. The van der Waals surface area contributed by atoms with Crippen LogP contribution in [0.5, 0.6) is 0 Å². The van der Waals surface area contributed by atoms with E-state index in [1.807, 2.05) is 13.1 Å². The van der Waals surface area contributed by atoms with E-state index in [0.29, 0.717) is 30.8 Å². The summed E-state index contributed by atoms with van der Waals surface area (Å²) in [5.74, 6) is -1.89. The molecule has 2 aliphatic heterocycles. The van der Waals surface area contributed by atoms with Gasteiger partial charge < -0.3 is 10.1 Å². The Morgan fingerprint density at radius 2 is 1.81 bits per heavy atom. The minimum absolute atomic E-state index is 0.106. The normalized spacial score (nSPS) is 18.9. The van der Waals surface area contributed by atoms with Crippen molar-refractivity contribution in [3.05, 3.63) is 34.4 Å². The van der Waals surface area contributed by atoms with Crippen LogP contribution in [0, 0.1) is 0 Å². The standard InChI is InChI=1S/C24H33N3O5/c1-24(2,3)17-9-8-16-20(15(17)7-5-13-32-14-6-12-25-4)23(31)27(22(16)30)18-10-11-19(28)26-21(18)29/h8-9,18,25H,5-7,10-14H2,1-4H3,(H,26,28,29). The van der Waals surface area contributed by atoms with Crippen LogP contribution in [0.3, 0.4) is 0 Å². The van der Waals surface area contributed by atoms with Crippen molar-refractivity contribution in [1.29, 1.82) is 0 Å². The molecule has 32 heavy (non-hydrogen) atoms. The number of carbonyl (C=O) groups excluding carboxylic acids is 4. The van der Waals surface area contributed by atoms with Crippen molar-refractivity contribution in [1.82, 2.24) is 15.5 Å². The van der Waals surface area contributed by atoms with Crippen molar-refractivity contribution >= 4 is 23.6 Å². The molecule has 0 radical (unpaired) electrons. The number of piperidine rings is 1. The van der Waals surface area contributed by atoms with Crippen LogP contribution in [0.2, 0.25) is 0 Å². The van der Waals surface area contributed by atoms with Crippen molar-refractivity contribution in [2.24, 2.45) is 0 Å². The van der Waals surface area contributed by atoms with Gasteiger partial charge in [-0.05, 0) is 61.9 Å². The average Bonchev–Trinajstić information content (AvgIpc) is 2.97. The minimum Gasteiger partial charge on any atom is -0.381 e. The Hall–Kier alpha value is -2.58. The Morgan fingerprint density at radius 1 is 1.09 bits per heavy atom. The lowest BCUT2D eigenvalue weighted by molar-refractivity contribution is -0.136. The van der Waals surface area contributed by atoms with Gasteiger partial charge in [-0.15, -0.1) is 0 Å². The molecule has 3 rings (SSSR count). The van der Waals surface area contributed by atoms with Gasteiger partial charge in [-0.1, -0.05) is 26.8 Å². The van der Waals surface area contributed by atoms with Crippen LogP contribution in [0.15, 0.2) is 12.1 Å². The first-order valence-electron chi connectivity index (χ1n) is 11.3. The molecule has 2 aliphatic rings. The molecule has 0 aromatic heterocycles. The minimum atomic E-state index is -0.957. The summed E-state index contributed by atoms with van der Waals surface area (Å²) < 4.78 is 5.70. The number of rotatable bonds is 9. The summed E-state index contributed by atoms with van der Waals surface area (Å²) in [5.41, 5.74) is 2.36. The zero-order valence-electron chi connectivity index (χ0n) is 19.4. The maximum atomic E-state index is 13.4. The molecule has 1 aromatic rings. The zero-order valence-corrected chi connectivity index (χ0v) is 19.4. The van der Waals surface area contributed by atoms with Gasteiger partial charge in [-0.25, -0.2) is 0 Å². The zero-order chi connectivity index (χ0) is 23.5. The van der Waals surface area contributed by atoms with E-state index in [1.54, 1.807) is 6.07 Å².